The Morgan fingerprint density at radius 2 is 2.00 bits per heavy atom. The summed E-state index contributed by atoms with van der Waals surface area (Å²) in [5.41, 5.74) is 2.47. The van der Waals surface area contributed by atoms with Crippen molar-refractivity contribution in [3.8, 4) is 5.75 Å². The first-order valence-electron chi connectivity index (χ1n) is 7.62. The van der Waals surface area contributed by atoms with Crippen molar-refractivity contribution in [2.45, 2.75) is 46.3 Å². The molecule has 1 aromatic carbocycles. The minimum Gasteiger partial charge on any atom is -0.492 e. The number of aromatic nitrogens is 2. The fourth-order valence-electron chi connectivity index (χ4n) is 2.12. The van der Waals surface area contributed by atoms with Gasteiger partial charge in [-0.2, -0.15) is 5.10 Å². The van der Waals surface area contributed by atoms with E-state index in [-0.39, 0.29) is 6.04 Å². The van der Waals surface area contributed by atoms with Gasteiger partial charge in [0.05, 0.1) is 5.69 Å². The summed E-state index contributed by atoms with van der Waals surface area (Å²) in [6, 6.07) is 10.5. The highest BCUT2D eigenvalue weighted by atomic mass is 16.5. The van der Waals surface area contributed by atoms with Crippen LogP contribution < -0.4 is 10.1 Å². The summed E-state index contributed by atoms with van der Waals surface area (Å²) in [5, 5.41) is 7.81. The highest BCUT2D eigenvalue weighted by molar-refractivity contribution is 5.26. The lowest BCUT2D eigenvalue weighted by atomic mass is 10.2. The van der Waals surface area contributed by atoms with E-state index in [0.717, 1.165) is 25.3 Å². The molecule has 21 heavy (non-hydrogen) atoms. The molecule has 1 atom stereocenters. The zero-order valence-corrected chi connectivity index (χ0v) is 13.2. The molecule has 0 saturated carbocycles. The molecule has 2 rings (SSSR count). The second kappa shape index (κ2) is 7.84. The van der Waals surface area contributed by atoms with Gasteiger partial charge in [0.15, 0.2) is 0 Å². The van der Waals surface area contributed by atoms with Crippen LogP contribution >= 0.6 is 0 Å². The van der Waals surface area contributed by atoms with Crippen molar-refractivity contribution in [1.29, 1.82) is 0 Å². The van der Waals surface area contributed by atoms with E-state index in [4.69, 9.17) is 4.74 Å². The average molecular weight is 287 g/mol. The topological polar surface area (TPSA) is 39.1 Å². The van der Waals surface area contributed by atoms with Gasteiger partial charge in [-0.05, 0) is 38.5 Å². The van der Waals surface area contributed by atoms with E-state index in [2.05, 4.69) is 54.1 Å². The Morgan fingerprint density at radius 3 is 2.71 bits per heavy atom. The summed E-state index contributed by atoms with van der Waals surface area (Å²) < 4.78 is 7.84. The molecule has 114 valence electrons. The summed E-state index contributed by atoms with van der Waals surface area (Å²) in [7, 11) is 0. The van der Waals surface area contributed by atoms with Crippen LogP contribution in [-0.4, -0.2) is 22.4 Å². The van der Waals surface area contributed by atoms with Crippen molar-refractivity contribution >= 4 is 0 Å². The van der Waals surface area contributed by atoms with Crippen LogP contribution in [0.25, 0.3) is 0 Å². The van der Waals surface area contributed by atoms with Gasteiger partial charge in [0.1, 0.15) is 12.4 Å². The second-order valence-corrected chi connectivity index (χ2v) is 5.45. The van der Waals surface area contributed by atoms with Crippen molar-refractivity contribution < 1.29 is 4.74 Å². The maximum atomic E-state index is 5.79. The second-order valence-electron chi connectivity index (χ2n) is 5.45. The van der Waals surface area contributed by atoms with Gasteiger partial charge in [0.2, 0.25) is 0 Å². The lowest BCUT2D eigenvalue weighted by molar-refractivity contribution is 0.271. The molecule has 0 fully saturated rings. The summed E-state index contributed by atoms with van der Waals surface area (Å²) in [6.45, 7) is 8.82. The molecule has 0 bridgehead atoms. The molecule has 0 spiro atoms. The number of hydrogen-bond donors (Lipinski definition) is 1. The molecule has 1 aromatic heterocycles. The number of benzene rings is 1. The van der Waals surface area contributed by atoms with Crippen molar-refractivity contribution in [2.24, 2.45) is 0 Å². The van der Waals surface area contributed by atoms with Gasteiger partial charge in [-0.1, -0.05) is 24.6 Å². The molecule has 4 heteroatoms. The zero-order chi connectivity index (χ0) is 15.1. The quantitative estimate of drug-likeness (QED) is 0.810. The predicted molar refractivity (Wildman–Crippen MR) is 85.5 cm³/mol. The molecular formula is C17H25N3O. The normalized spacial score (nSPS) is 12.3. The van der Waals surface area contributed by atoms with Gasteiger partial charge >= 0.3 is 0 Å². The highest BCUT2D eigenvalue weighted by Crippen LogP contribution is 2.11. The largest absolute Gasteiger partial charge is 0.492 e. The molecule has 1 unspecified atom stereocenters. The molecule has 0 saturated heterocycles. The van der Waals surface area contributed by atoms with Crippen LogP contribution in [0.15, 0.2) is 36.5 Å². The van der Waals surface area contributed by atoms with Crippen LogP contribution in [0.5, 0.6) is 5.75 Å². The van der Waals surface area contributed by atoms with Crippen LogP contribution in [0.1, 0.15) is 31.5 Å². The number of aryl methyl sites for hydroxylation is 2. The first kappa shape index (κ1) is 15.6. The lowest BCUT2D eigenvalue weighted by Crippen LogP contribution is -2.32. The number of nitrogens with one attached hydrogen (secondary N) is 1. The Balaban J connectivity index is 1.75. The van der Waals surface area contributed by atoms with Gasteiger partial charge in [0, 0.05) is 25.3 Å². The van der Waals surface area contributed by atoms with E-state index in [1.807, 2.05) is 18.3 Å². The minimum atomic E-state index is 0.288. The number of hydrogen-bond acceptors (Lipinski definition) is 3. The van der Waals surface area contributed by atoms with Crippen LogP contribution in [0, 0.1) is 6.92 Å². The molecule has 0 amide bonds. The minimum absolute atomic E-state index is 0.288. The monoisotopic (exact) mass is 287 g/mol. The van der Waals surface area contributed by atoms with Crippen molar-refractivity contribution in [3.63, 3.8) is 0 Å². The Bertz CT molecular complexity index is 533. The summed E-state index contributed by atoms with van der Waals surface area (Å²) in [5.74, 6) is 0.922. The smallest absolute Gasteiger partial charge is 0.119 e. The van der Waals surface area contributed by atoms with Crippen LogP contribution in [0.2, 0.25) is 0 Å². The van der Waals surface area contributed by atoms with Gasteiger partial charge < -0.3 is 10.1 Å². The fourth-order valence-corrected chi connectivity index (χ4v) is 2.12. The first-order valence-corrected chi connectivity index (χ1v) is 7.62. The maximum Gasteiger partial charge on any atom is 0.119 e. The first-order chi connectivity index (χ1) is 10.2. The molecule has 0 aliphatic carbocycles. The predicted octanol–water partition coefficient (Wildman–Crippen LogP) is 3.16. The summed E-state index contributed by atoms with van der Waals surface area (Å²) in [4.78, 5) is 0. The molecule has 4 nitrogen and oxygen atoms in total. The van der Waals surface area contributed by atoms with Crippen molar-refractivity contribution in [2.75, 3.05) is 6.61 Å². The number of nitrogens with zero attached hydrogens (tertiary/aromatic N) is 2. The van der Waals surface area contributed by atoms with Crippen LogP contribution in [0.3, 0.4) is 0 Å². The SMILES string of the molecule is CCCn1nccc1CNC(C)COc1ccc(C)cc1. The van der Waals surface area contributed by atoms with E-state index in [0.29, 0.717) is 6.61 Å². The van der Waals surface area contributed by atoms with E-state index in [9.17, 15) is 0 Å². The third-order valence-electron chi connectivity index (χ3n) is 3.39. The number of rotatable bonds is 8. The molecule has 0 aliphatic heterocycles. The molecular weight excluding hydrogens is 262 g/mol. The van der Waals surface area contributed by atoms with Crippen molar-refractivity contribution in [3.05, 3.63) is 47.8 Å². The Labute approximate surface area is 127 Å². The van der Waals surface area contributed by atoms with Gasteiger partial charge in [0.25, 0.3) is 0 Å². The van der Waals surface area contributed by atoms with Gasteiger partial charge in [-0.3, -0.25) is 4.68 Å². The fraction of sp³-hybridized carbons (Fsp3) is 0.471. The average Bonchev–Trinajstić information content (AvgIpc) is 2.92. The van der Waals surface area contributed by atoms with E-state index in [1.165, 1.54) is 11.3 Å². The third kappa shape index (κ3) is 4.90. The third-order valence-corrected chi connectivity index (χ3v) is 3.39. The van der Waals surface area contributed by atoms with Crippen LogP contribution in [0.4, 0.5) is 0 Å². The Hall–Kier alpha value is -1.81. The van der Waals surface area contributed by atoms with E-state index < -0.39 is 0 Å². The van der Waals surface area contributed by atoms with Gasteiger partial charge in [-0.15, -0.1) is 0 Å². The molecule has 0 radical (unpaired) electrons. The van der Waals surface area contributed by atoms with E-state index >= 15 is 0 Å². The lowest BCUT2D eigenvalue weighted by Gasteiger charge is -2.15. The van der Waals surface area contributed by atoms with Gasteiger partial charge in [-0.25, -0.2) is 0 Å². The highest BCUT2D eigenvalue weighted by Gasteiger charge is 2.06. The Kier molecular flexibility index (Phi) is 5.81. The summed E-state index contributed by atoms with van der Waals surface area (Å²) >= 11 is 0. The number of ether oxygens (including phenoxy) is 1. The molecule has 2 aromatic rings. The molecule has 1 heterocycles. The molecule has 0 aliphatic rings. The van der Waals surface area contributed by atoms with E-state index in [1.54, 1.807) is 0 Å². The Morgan fingerprint density at radius 1 is 1.24 bits per heavy atom. The maximum absolute atomic E-state index is 5.79. The zero-order valence-electron chi connectivity index (χ0n) is 13.2. The molecule has 1 N–H and O–H groups in total. The standard InChI is InChI=1S/C17H25N3O/c1-4-11-20-16(9-10-19-20)12-18-15(3)13-21-17-7-5-14(2)6-8-17/h5-10,15,18H,4,11-13H2,1-3H3. The van der Waals surface area contributed by atoms with Crippen molar-refractivity contribution in [1.82, 2.24) is 15.1 Å². The van der Waals surface area contributed by atoms with Crippen LogP contribution in [-0.2, 0) is 13.1 Å². The summed E-state index contributed by atoms with van der Waals surface area (Å²) in [6.07, 6.45) is 2.96.